The Morgan fingerprint density at radius 3 is 2.55 bits per heavy atom. The highest BCUT2D eigenvalue weighted by atomic mass is 16.3. The lowest BCUT2D eigenvalue weighted by atomic mass is 9.80. The van der Waals surface area contributed by atoms with Crippen molar-refractivity contribution in [2.45, 2.75) is 30.9 Å². The van der Waals surface area contributed by atoms with Gasteiger partial charge in [-0.15, -0.1) is 0 Å². The summed E-state index contributed by atoms with van der Waals surface area (Å²) in [5, 5.41) is 16.2. The van der Waals surface area contributed by atoms with E-state index < -0.39 is 0 Å². The SMILES string of the molecule is OC1(CNC2CNC2)CCC1. The second-order valence-electron chi connectivity index (χ2n) is 3.81. The fourth-order valence-electron chi connectivity index (χ4n) is 1.53. The summed E-state index contributed by atoms with van der Waals surface area (Å²) in [6.07, 6.45) is 3.17. The predicted molar refractivity (Wildman–Crippen MR) is 43.5 cm³/mol. The molecule has 0 aromatic carbocycles. The molecule has 64 valence electrons. The second kappa shape index (κ2) is 2.73. The molecule has 1 saturated carbocycles. The van der Waals surface area contributed by atoms with Crippen LogP contribution in [0.4, 0.5) is 0 Å². The third-order valence-corrected chi connectivity index (χ3v) is 2.79. The molecule has 3 nitrogen and oxygen atoms in total. The highest BCUT2D eigenvalue weighted by molar-refractivity contribution is 4.92. The van der Waals surface area contributed by atoms with E-state index in [9.17, 15) is 5.11 Å². The van der Waals surface area contributed by atoms with Crippen molar-refractivity contribution < 1.29 is 5.11 Å². The molecular formula is C8H16N2O. The Balaban J connectivity index is 1.64. The third-order valence-electron chi connectivity index (χ3n) is 2.79. The first-order chi connectivity index (χ1) is 5.29. The minimum absolute atomic E-state index is 0.352. The van der Waals surface area contributed by atoms with Gasteiger partial charge < -0.3 is 15.7 Å². The smallest absolute Gasteiger partial charge is 0.0771 e. The van der Waals surface area contributed by atoms with E-state index in [4.69, 9.17) is 0 Å². The van der Waals surface area contributed by atoms with Gasteiger partial charge in [-0.05, 0) is 19.3 Å². The van der Waals surface area contributed by atoms with Crippen LogP contribution in [0.2, 0.25) is 0 Å². The molecule has 0 bridgehead atoms. The Morgan fingerprint density at radius 2 is 2.18 bits per heavy atom. The van der Waals surface area contributed by atoms with E-state index in [0.717, 1.165) is 32.5 Å². The largest absolute Gasteiger partial charge is 0.389 e. The third kappa shape index (κ3) is 1.55. The zero-order chi connectivity index (χ0) is 7.73. The lowest BCUT2D eigenvalue weighted by Gasteiger charge is -2.39. The van der Waals surface area contributed by atoms with Gasteiger partial charge in [-0.1, -0.05) is 0 Å². The summed E-state index contributed by atoms with van der Waals surface area (Å²) in [4.78, 5) is 0. The molecule has 0 amide bonds. The molecule has 3 N–H and O–H groups in total. The number of hydrogen-bond acceptors (Lipinski definition) is 3. The van der Waals surface area contributed by atoms with Crippen LogP contribution in [-0.4, -0.2) is 36.4 Å². The van der Waals surface area contributed by atoms with Crippen molar-refractivity contribution in [2.24, 2.45) is 0 Å². The van der Waals surface area contributed by atoms with Crippen molar-refractivity contribution in [1.29, 1.82) is 0 Å². The van der Waals surface area contributed by atoms with E-state index >= 15 is 0 Å². The molecule has 0 spiro atoms. The van der Waals surface area contributed by atoms with Crippen LogP contribution in [-0.2, 0) is 0 Å². The van der Waals surface area contributed by atoms with E-state index in [1.165, 1.54) is 6.42 Å². The van der Waals surface area contributed by atoms with Gasteiger partial charge in [0, 0.05) is 25.7 Å². The monoisotopic (exact) mass is 156 g/mol. The molecular weight excluding hydrogens is 140 g/mol. The highest BCUT2D eigenvalue weighted by Gasteiger charge is 2.34. The van der Waals surface area contributed by atoms with Gasteiger partial charge in [0.2, 0.25) is 0 Å². The molecule has 1 heterocycles. The second-order valence-corrected chi connectivity index (χ2v) is 3.81. The van der Waals surface area contributed by atoms with Gasteiger partial charge in [-0.25, -0.2) is 0 Å². The van der Waals surface area contributed by atoms with Gasteiger partial charge in [-0.2, -0.15) is 0 Å². The maximum absolute atomic E-state index is 9.70. The Labute approximate surface area is 67.2 Å². The molecule has 0 radical (unpaired) electrons. The average Bonchev–Trinajstić information content (AvgIpc) is 1.81. The van der Waals surface area contributed by atoms with Gasteiger partial charge in [0.1, 0.15) is 0 Å². The number of nitrogens with one attached hydrogen (secondary N) is 2. The van der Waals surface area contributed by atoms with Crippen LogP contribution in [0.3, 0.4) is 0 Å². The molecule has 3 heteroatoms. The van der Waals surface area contributed by atoms with Gasteiger partial charge in [0.15, 0.2) is 0 Å². The molecule has 2 fully saturated rings. The van der Waals surface area contributed by atoms with Gasteiger partial charge in [0.25, 0.3) is 0 Å². The first-order valence-corrected chi connectivity index (χ1v) is 4.45. The van der Waals surface area contributed by atoms with Gasteiger partial charge >= 0.3 is 0 Å². The number of hydrogen-bond donors (Lipinski definition) is 3. The van der Waals surface area contributed by atoms with E-state index in [1.54, 1.807) is 0 Å². The van der Waals surface area contributed by atoms with Crippen LogP contribution in [0.5, 0.6) is 0 Å². The average molecular weight is 156 g/mol. The molecule has 0 unspecified atom stereocenters. The number of aliphatic hydroxyl groups is 1. The lowest BCUT2D eigenvalue weighted by molar-refractivity contribution is -0.0342. The topological polar surface area (TPSA) is 44.3 Å². The van der Waals surface area contributed by atoms with Crippen molar-refractivity contribution >= 4 is 0 Å². The molecule has 11 heavy (non-hydrogen) atoms. The minimum Gasteiger partial charge on any atom is -0.389 e. The summed E-state index contributed by atoms with van der Waals surface area (Å²) in [6.45, 7) is 2.92. The van der Waals surface area contributed by atoms with E-state index in [-0.39, 0.29) is 5.60 Å². The van der Waals surface area contributed by atoms with Crippen molar-refractivity contribution in [1.82, 2.24) is 10.6 Å². The van der Waals surface area contributed by atoms with E-state index in [2.05, 4.69) is 10.6 Å². The van der Waals surface area contributed by atoms with Crippen LogP contribution in [0.1, 0.15) is 19.3 Å². The minimum atomic E-state index is -0.352. The Hall–Kier alpha value is -0.120. The number of rotatable bonds is 3. The molecule has 0 atom stereocenters. The summed E-state index contributed by atoms with van der Waals surface area (Å²) >= 11 is 0. The zero-order valence-electron chi connectivity index (χ0n) is 6.77. The van der Waals surface area contributed by atoms with Crippen molar-refractivity contribution in [3.8, 4) is 0 Å². The Kier molecular flexibility index (Phi) is 1.87. The summed E-state index contributed by atoms with van der Waals surface area (Å²) in [7, 11) is 0. The Morgan fingerprint density at radius 1 is 1.45 bits per heavy atom. The molecule has 1 aliphatic heterocycles. The van der Waals surface area contributed by atoms with E-state index in [1.807, 2.05) is 0 Å². The first kappa shape index (κ1) is 7.53. The lowest BCUT2D eigenvalue weighted by Crippen LogP contribution is -2.59. The van der Waals surface area contributed by atoms with Crippen LogP contribution in [0.25, 0.3) is 0 Å². The predicted octanol–water partition coefficient (Wildman–Crippen LogP) is -0.537. The zero-order valence-corrected chi connectivity index (χ0v) is 6.77. The summed E-state index contributed by atoms with van der Waals surface area (Å²) in [5.41, 5.74) is -0.352. The summed E-state index contributed by atoms with van der Waals surface area (Å²) in [5.74, 6) is 0. The highest BCUT2D eigenvalue weighted by Crippen LogP contribution is 2.30. The van der Waals surface area contributed by atoms with E-state index in [0.29, 0.717) is 6.04 Å². The van der Waals surface area contributed by atoms with Crippen molar-refractivity contribution in [3.05, 3.63) is 0 Å². The maximum Gasteiger partial charge on any atom is 0.0771 e. The Bertz CT molecular complexity index is 141. The van der Waals surface area contributed by atoms with Crippen LogP contribution in [0, 0.1) is 0 Å². The standard InChI is InChI=1S/C8H16N2O/c11-8(2-1-3-8)6-10-7-4-9-5-7/h7,9-11H,1-6H2. The molecule has 1 aliphatic carbocycles. The quantitative estimate of drug-likeness (QED) is 0.514. The fraction of sp³-hybridized carbons (Fsp3) is 1.00. The van der Waals surface area contributed by atoms with Gasteiger partial charge in [-0.3, -0.25) is 0 Å². The molecule has 1 saturated heterocycles. The molecule has 2 rings (SSSR count). The van der Waals surface area contributed by atoms with Crippen LogP contribution in [0.15, 0.2) is 0 Å². The molecule has 0 aromatic rings. The molecule has 0 aromatic heterocycles. The van der Waals surface area contributed by atoms with Crippen molar-refractivity contribution in [3.63, 3.8) is 0 Å². The molecule has 2 aliphatic rings. The summed E-state index contributed by atoms with van der Waals surface area (Å²) in [6, 6.07) is 0.611. The maximum atomic E-state index is 9.70. The van der Waals surface area contributed by atoms with Gasteiger partial charge in [0.05, 0.1) is 5.60 Å². The van der Waals surface area contributed by atoms with Crippen LogP contribution >= 0.6 is 0 Å². The van der Waals surface area contributed by atoms with Crippen molar-refractivity contribution in [2.75, 3.05) is 19.6 Å². The summed E-state index contributed by atoms with van der Waals surface area (Å²) < 4.78 is 0. The first-order valence-electron chi connectivity index (χ1n) is 4.45. The fourth-order valence-corrected chi connectivity index (χ4v) is 1.53. The normalized spacial score (nSPS) is 29.2. The van der Waals surface area contributed by atoms with Crippen LogP contribution < -0.4 is 10.6 Å².